The Morgan fingerprint density at radius 1 is 1.10 bits per heavy atom. The summed E-state index contributed by atoms with van der Waals surface area (Å²) in [5, 5.41) is 16.3. The van der Waals surface area contributed by atoms with E-state index in [-0.39, 0.29) is 22.6 Å². The molecule has 0 heterocycles. The van der Waals surface area contributed by atoms with Crippen molar-refractivity contribution in [3.05, 3.63) is 58.4 Å². The summed E-state index contributed by atoms with van der Waals surface area (Å²) >= 11 is 0. The fourth-order valence-corrected chi connectivity index (χ4v) is 3.39. The van der Waals surface area contributed by atoms with Crippen LogP contribution in [0.4, 0.5) is 22.0 Å². The zero-order valence-electron chi connectivity index (χ0n) is 14.8. The van der Waals surface area contributed by atoms with E-state index in [1.165, 1.54) is 0 Å². The lowest BCUT2D eigenvalue weighted by atomic mass is 9.34. The van der Waals surface area contributed by atoms with Gasteiger partial charge in [0.05, 0.1) is 35.2 Å². The van der Waals surface area contributed by atoms with E-state index in [0.717, 1.165) is 31.2 Å². The number of alkyl halides is 4. The average molecular weight is 399 g/mol. The van der Waals surface area contributed by atoms with Gasteiger partial charge in [-0.3, -0.25) is 0 Å². The zero-order valence-corrected chi connectivity index (χ0v) is 14.8. The summed E-state index contributed by atoms with van der Waals surface area (Å²) in [7, 11) is 15.8. The first-order valence-corrected chi connectivity index (χ1v) is 8.06. The molecule has 2 aromatic carbocycles. The van der Waals surface area contributed by atoms with E-state index in [2.05, 4.69) is 0 Å². The van der Waals surface area contributed by atoms with Gasteiger partial charge in [-0.1, -0.05) is 5.11 Å². The van der Waals surface area contributed by atoms with Crippen LogP contribution in [0.1, 0.15) is 22.3 Å². The summed E-state index contributed by atoms with van der Waals surface area (Å²) < 4.78 is 77.0. The molecule has 1 atom stereocenters. The number of benzene rings is 2. The molecule has 1 aliphatic carbocycles. The van der Waals surface area contributed by atoms with Crippen LogP contribution in [0.15, 0.2) is 30.3 Å². The maximum absolute atomic E-state index is 14.6. The van der Waals surface area contributed by atoms with E-state index in [1.807, 2.05) is 0 Å². The summed E-state index contributed by atoms with van der Waals surface area (Å²) in [6, 6.07) is 6.20. The van der Waals surface area contributed by atoms with Gasteiger partial charge in [-0.05, 0) is 36.8 Å². The van der Waals surface area contributed by atoms with Crippen LogP contribution in [0.25, 0.3) is 0 Å². The van der Waals surface area contributed by atoms with Crippen molar-refractivity contribution in [3.63, 3.8) is 0 Å². The second-order valence-corrected chi connectivity index (χ2v) is 6.79. The molecule has 29 heavy (non-hydrogen) atoms. The van der Waals surface area contributed by atoms with Crippen LogP contribution in [0, 0.1) is 24.1 Å². The molecular weight excluding hydrogens is 390 g/mol. The third kappa shape index (κ3) is 2.76. The first-order chi connectivity index (χ1) is 13.2. The van der Waals surface area contributed by atoms with Crippen molar-refractivity contribution in [2.45, 2.75) is 29.5 Å². The first-order valence-electron chi connectivity index (χ1n) is 8.06. The Morgan fingerprint density at radius 2 is 1.72 bits per heavy atom. The van der Waals surface area contributed by atoms with Gasteiger partial charge >= 0.3 is 11.8 Å². The lowest BCUT2D eigenvalue weighted by Crippen LogP contribution is -2.56. The average Bonchev–Trinajstić information content (AvgIpc) is 2.72. The summed E-state index contributed by atoms with van der Waals surface area (Å²) in [5.41, 5.74) is -6.53. The maximum Gasteiger partial charge on any atom is 0.344 e. The van der Waals surface area contributed by atoms with E-state index in [1.54, 1.807) is 6.07 Å². The van der Waals surface area contributed by atoms with Crippen LogP contribution in [0.5, 0.6) is 11.5 Å². The number of fused-ring (bicyclic) bond motifs is 1. The molecule has 11 heteroatoms. The second kappa shape index (κ2) is 6.26. The number of hydrogen-bond donors (Lipinski definition) is 1. The first kappa shape index (κ1) is 21.2. The molecule has 3 rings (SSSR count). The summed E-state index contributed by atoms with van der Waals surface area (Å²) in [6.07, 6.45) is 0. The Morgan fingerprint density at radius 3 is 2.28 bits per heavy atom. The van der Waals surface area contributed by atoms with Gasteiger partial charge in [0.25, 0.3) is 0 Å². The highest BCUT2D eigenvalue weighted by Crippen LogP contribution is 2.66. The van der Waals surface area contributed by atoms with Gasteiger partial charge in [0.2, 0.25) is 0 Å². The van der Waals surface area contributed by atoms with Gasteiger partial charge in [0.1, 0.15) is 22.9 Å². The monoisotopic (exact) mass is 399 g/mol. The molecule has 0 unspecified atom stereocenters. The number of ether oxygens (including phenoxy) is 1. The van der Waals surface area contributed by atoms with Crippen LogP contribution in [0.2, 0.25) is 5.11 Å². The number of nitrogens with zero attached hydrogens (tertiary/aromatic N) is 1. The van der Waals surface area contributed by atoms with Gasteiger partial charge in [-0.15, -0.1) is 0 Å². The van der Waals surface area contributed by atoms with Crippen LogP contribution < -0.4 is 4.74 Å². The molecule has 0 saturated carbocycles. The molecule has 1 aliphatic rings. The lowest BCUT2D eigenvalue weighted by Gasteiger charge is -2.44. The minimum absolute atomic E-state index is 0.0988. The molecule has 0 bridgehead atoms. The number of rotatable bonds is 3. The van der Waals surface area contributed by atoms with E-state index in [0.29, 0.717) is 6.07 Å². The highest BCUT2D eigenvalue weighted by atomic mass is 19.3. The van der Waals surface area contributed by atoms with Crippen molar-refractivity contribution in [2.75, 3.05) is 0 Å². The van der Waals surface area contributed by atoms with Crippen LogP contribution in [-0.4, -0.2) is 34.6 Å². The van der Waals surface area contributed by atoms with E-state index >= 15 is 0 Å². The molecule has 142 valence electrons. The SMILES string of the molecule is [B]C([B])([B])[C@@]1(O)c2c(ccc(Oc3cc(F)cc(C#N)c3)c2C)C(F)(F)C1(F)F. The molecule has 0 saturated heterocycles. The van der Waals surface area contributed by atoms with E-state index < -0.39 is 39.5 Å². The molecule has 0 aliphatic heterocycles. The van der Waals surface area contributed by atoms with Crippen molar-refractivity contribution < 1.29 is 31.8 Å². The zero-order chi connectivity index (χ0) is 22.0. The van der Waals surface area contributed by atoms with E-state index in [4.69, 9.17) is 33.5 Å². The Kier molecular flexibility index (Phi) is 4.59. The summed E-state index contributed by atoms with van der Waals surface area (Å²) in [6.45, 7) is 1.10. The normalized spacial score (nSPS) is 22.0. The largest absolute Gasteiger partial charge is 0.457 e. The minimum Gasteiger partial charge on any atom is -0.457 e. The number of aliphatic hydroxyl groups is 1. The molecule has 0 amide bonds. The van der Waals surface area contributed by atoms with Gasteiger partial charge < -0.3 is 9.84 Å². The Hall–Kier alpha value is -2.47. The van der Waals surface area contributed by atoms with Crippen LogP contribution in [-0.2, 0) is 11.5 Å². The molecule has 0 spiro atoms. The van der Waals surface area contributed by atoms with Crippen LogP contribution >= 0.6 is 0 Å². The lowest BCUT2D eigenvalue weighted by molar-refractivity contribution is -0.285. The van der Waals surface area contributed by atoms with Crippen molar-refractivity contribution >= 4 is 23.5 Å². The summed E-state index contributed by atoms with van der Waals surface area (Å²) in [4.78, 5) is 0. The van der Waals surface area contributed by atoms with Crippen LogP contribution in [0.3, 0.4) is 0 Å². The fraction of sp³-hybridized carbons (Fsp3) is 0.278. The number of nitriles is 1. The molecule has 0 fully saturated rings. The molecule has 3 nitrogen and oxygen atoms in total. The molecule has 2 aromatic rings. The Bertz CT molecular complexity index is 1050. The highest BCUT2D eigenvalue weighted by molar-refractivity contribution is 6.60. The number of halogens is 5. The predicted octanol–water partition coefficient (Wildman–Crippen LogP) is 3.31. The van der Waals surface area contributed by atoms with Gasteiger partial charge in [-0.25, -0.2) is 4.39 Å². The highest BCUT2D eigenvalue weighted by Gasteiger charge is 2.78. The topological polar surface area (TPSA) is 53.2 Å². The third-order valence-electron chi connectivity index (χ3n) is 4.82. The van der Waals surface area contributed by atoms with Crippen molar-refractivity contribution in [1.82, 2.24) is 0 Å². The quantitative estimate of drug-likeness (QED) is 0.637. The Labute approximate surface area is 166 Å². The molecule has 0 aromatic heterocycles. The second-order valence-electron chi connectivity index (χ2n) is 6.79. The van der Waals surface area contributed by atoms with E-state index in [9.17, 15) is 27.1 Å². The number of hydrogen-bond acceptors (Lipinski definition) is 3. The minimum atomic E-state index is -5.14. The maximum atomic E-state index is 14.6. The van der Waals surface area contributed by atoms with Gasteiger partial charge in [0.15, 0.2) is 0 Å². The molecular formula is C18H9B3F5NO2. The predicted molar refractivity (Wildman–Crippen MR) is 95.1 cm³/mol. The third-order valence-corrected chi connectivity index (χ3v) is 4.82. The smallest absolute Gasteiger partial charge is 0.344 e. The standard InChI is InChI=1S/C18H9B3F5NO2/c1-8-13(29-11-5-9(7-27)4-10(22)6-11)3-2-12-14(8)15(28,18(19,20)21)17(25,26)16(12,23)24/h2-6,28H,1H3/t15-/m1/s1. The van der Waals surface area contributed by atoms with Crippen molar-refractivity contribution in [2.24, 2.45) is 0 Å². The van der Waals surface area contributed by atoms with Crippen molar-refractivity contribution in [3.8, 4) is 17.6 Å². The van der Waals surface area contributed by atoms with Gasteiger partial charge in [0, 0.05) is 17.2 Å². The Balaban J connectivity index is 2.23. The summed E-state index contributed by atoms with van der Waals surface area (Å²) in [5.74, 6) is -11.3. The molecule has 6 radical (unpaired) electrons. The van der Waals surface area contributed by atoms with Gasteiger partial charge in [-0.2, -0.15) is 22.8 Å². The fourth-order valence-electron chi connectivity index (χ4n) is 3.39. The molecule has 1 N–H and O–H groups in total. The van der Waals surface area contributed by atoms with Crippen molar-refractivity contribution in [1.29, 1.82) is 5.26 Å².